The largest absolute Gasteiger partial charge is 0.394 e. The summed E-state index contributed by atoms with van der Waals surface area (Å²) in [6.45, 7) is 1.83. The van der Waals surface area contributed by atoms with E-state index in [1.807, 2.05) is 0 Å². The van der Waals surface area contributed by atoms with Gasteiger partial charge in [0.2, 0.25) is 5.91 Å². The maximum atomic E-state index is 13.4. The Morgan fingerprint density at radius 3 is 0.956 bits per heavy atom. The minimum atomic E-state index is -1.97. The van der Waals surface area contributed by atoms with Crippen LogP contribution in [0.3, 0.4) is 0 Å². The lowest BCUT2D eigenvalue weighted by molar-refractivity contribution is -0.379. The molecule has 0 aromatic rings. The molecular formula is C72H139NO18. The first-order chi connectivity index (χ1) is 44.3. The van der Waals surface area contributed by atoms with Crippen LogP contribution < -0.4 is 5.32 Å². The molecule has 0 saturated carbocycles. The number of hydrogen-bond acceptors (Lipinski definition) is 18. The van der Waals surface area contributed by atoms with Crippen LogP contribution in [0.4, 0.5) is 0 Å². The molecule has 19 heteroatoms. The number of amides is 1. The molecule has 3 heterocycles. The highest BCUT2D eigenvalue weighted by molar-refractivity contribution is 5.76. The van der Waals surface area contributed by atoms with E-state index in [0.29, 0.717) is 12.8 Å². The van der Waals surface area contributed by atoms with Gasteiger partial charge in [-0.3, -0.25) is 4.79 Å². The second-order valence-corrected chi connectivity index (χ2v) is 27.5. The number of unbranched alkanes of at least 4 members (excludes halogenated alkanes) is 44. The lowest BCUT2D eigenvalue weighted by atomic mass is 9.96. The fraction of sp³-hybridized carbons (Fsp3) is 0.986. The Morgan fingerprint density at radius 2 is 0.626 bits per heavy atom. The number of aliphatic hydroxyl groups excluding tert-OH is 11. The number of carbonyl (C=O) groups excluding carboxylic acids is 1. The predicted octanol–water partition coefficient (Wildman–Crippen LogP) is 11.1. The molecular weight excluding hydrogens is 1170 g/mol. The number of carbonyl (C=O) groups is 1. The summed E-state index contributed by atoms with van der Waals surface area (Å²) in [5.41, 5.74) is 0. The van der Waals surface area contributed by atoms with Crippen molar-refractivity contribution in [2.75, 3.05) is 26.4 Å². The van der Waals surface area contributed by atoms with Crippen molar-refractivity contribution in [3.05, 3.63) is 0 Å². The van der Waals surface area contributed by atoms with Crippen LogP contribution in [-0.2, 0) is 33.2 Å². The zero-order chi connectivity index (χ0) is 66.1. The van der Waals surface area contributed by atoms with Gasteiger partial charge in [0, 0.05) is 6.42 Å². The van der Waals surface area contributed by atoms with Gasteiger partial charge in [-0.15, -0.1) is 0 Å². The quantitative estimate of drug-likeness (QED) is 0.0252. The van der Waals surface area contributed by atoms with E-state index in [4.69, 9.17) is 28.4 Å². The molecule has 12 N–H and O–H groups in total. The van der Waals surface area contributed by atoms with Gasteiger partial charge >= 0.3 is 0 Å². The van der Waals surface area contributed by atoms with Gasteiger partial charge in [-0.05, 0) is 12.8 Å². The summed E-state index contributed by atoms with van der Waals surface area (Å²) in [6, 6.07) is -0.881. The summed E-state index contributed by atoms with van der Waals surface area (Å²) in [6.07, 6.45) is 33.7. The molecule has 0 aromatic heterocycles. The van der Waals surface area contributed by atoms with Gasteiger partial charge in [0.25, 0.3) is 0 Å². The van der Waals surface area contributed by atoms with Crippen molar-refractivity contribution in [2.24, 2.45) is 0 Å². The molecule has 3 aliphatic rings. The van der Waals surface area contributed by atoms with Gasteiger partial charge < -0.3 is 89.9 Å². The summed E-state index contributed by atoms with van der Waals surface area (Å²) < 4.78 is 34.4. The second kappa shape index (κ2) is 54.8. The van der Waals surface area contributed by atoms with E-state index in [9.17, 15) is 61.0 Å². The Bertz CT molecular complexity index is 1650. The molecule has 3 aliphatic heterocycles. The molecule has 3 saturated heterocycles. The van der Waals surface area contributed by atoms with Crippen LogP contribution in [0.1, 0.15) is 322 Å². The molecule has 17 atom stereocenters. The number of hydrogen-bond donors (Lipinski definition) is 12. The number of ether oxygens (including phenoxy) is 6. The highest BCUT2D eigenvalue weighted by Crippen LogP contribution is 2.33. The Kier molecular flexibility index (Phi) is 50.6. The van der Waals surface area contributed by atoms with Crippen molar-refractivity contribution in [3.8, 4) is 0 Å². The van der Waals surface area contributed by atoms with Crippen molar-refractivity contribution >= 4 is 5.91 Å². The Balaban J connectivity index is 1.30. The van der Waals surface area contributed by atoms with E-state index in [1.54, 1.807) is 0 Å². The van der Waals surface area contributed by atoms with Gasteiger partial charge in [-0.1, -0.05) is 303 Å². The first-order valence-corrected chi connectivity index (χ1v) is 37.8. The SMILES string of the molecule is CCCCCCCCCCCCCCCCCCCCCCCCCCCCCCCCCCCCC(=O)NC(COC1OC(CO)C(OC2OC(CO)C(OC3OC(CO)C(O)C(O)C3O)C(O)C2O)C(O)C1O)C(O)CCCCCCCCCCCCCC. The summed E-state index contributed by atoms with van der Waals surface area (Å²) >= 11 is 0. The molecule has 91 heavy (non-hydrogen) atoms. The number of aliphatic hydroxyl groups is 11. The average molecular weight is 1310 g/mol. The predicted molar refractivity (Wildman–Crippen MR) is 356 cm³/mol. The third kappa shape index (κ3) is 36.3. The fourth-order valence-electron chi connectivity index (χ4n) is 13.3. The summed E-state index contributed by atoms with van der Waals surface area (Å²) in [5.74, 6) is -0.236. The molecule has 0 bridgehead atoms. The monoisotopic (exact) mass is 1310 g/mol. The van der Waals surface area contributed by atoms with Gasteiger partial charge in [0.15, 0.2) is 18.9 Å². The third-order valence-corrected chi connectivity index (χ3v) is 19.4. The second-order valence-electron chi connectivity index (χ2n) is 27.5. The maximum absolute atomic E-state index is 13.4. The molecule has 0 aromatic carbocycles. The van der Waals surface area contributed by atoms with Crippen LogP contribution in [0.25, 0.3) is 0 Å². The first kappa shape index (κ1) is 84.0. The third-order valence-electron chi connectivity index (χ3n) is 19.4. The average Bonchev–Trinajstić information content (AvgIpc) is 0.900. The zero-order valence-electron chi connectivity index (χ0n) is 57.4. The Labute approximate surface area is 551 Å². The van der Waals surface area contributed by atoms with Gasteiger partial charge in [0.1, 0.15) is 73.2 Å². The lowest BCUT2D eigenvalue weighted by Gasteiger charge is -2.48. The molecule has 19 nitrogen and oxygen atoms in total. The highest BCUT2D eigenvalue weighted by atomic mass is 16.8. The Morgan fingerprint density at radius 1 is 0.352 bits per heavy atom. The molecule has 1 amide bonds. The first-order valence-electron chi connectivity index (χ1n) is 37.8. The van der Waals surface area contributed by atoms with E-state index in [2.05, 4.69) is 19.2 Å². The standard InChI is InChI=1S/C72H139NO18/c1-3-5-7-9-11-13-15-17-18-19-20-21-22-23-24-25-26-27-28-29-30-31-32-33-34-35-36-37-38-40-42-44-46-48-50-60(78)73-55(56(77)49-47-45-43-41-39-16-14-12-10-8-6-4-2)54-86-70-66(84)63(81)68(58(52-75)88-70)91-72-67(85)64(82)69(59(53-76)89-72)90-71-65(83)62(80)61(79)57(51-74)87-71/h55-59,61-72,74-77,79-85H,3-54H2,1-2H3,(H,73,78). The van der Waals surface area contributed by atoms with E-state index >= 15 is 0 Å². The van der Waals surface area contributed by atoms with E-state index in [1.165, 1.54) is 244 Å². The van der Waals surface area contributed by atoms with Crippen LogP contribution in [0.2, 0.25) is 0 Å². The van der Waals surface area contributed by atoms with Crippen molar-refractivity contribution in [1.29, 1.82) is 0 Å². The minimum absolute atomic E-state index is 0.236. The Hall–Kier alpha value is -1.21. The smallest absolute Gasteiger partial charge is 0.220 e. The van der Waals surface area contributed by atoms with Gasteiger partial charge in [-0.2, -0.15) is 0 Å². The van der Waals surface area contributed by atoms with Gasteiger partial charge in [-0.25, -0.2) is 0 Å². The molecule has 3 rings (SSSR count). The molecule has 0 aliphatic carbocycles. The highest BCUT2D eigenvalue weighted by Gasteiger charge is 2.53. The maximum Gasteiger partial charge on any atom is 0.220 e. The minimum Gasteiger partial charge on any atom is -0.394 e. The van der Waals surface area contributed by atoms with Crippen molar-refractivity contribution in [2.45, 2.75) is 426 Å². The molecule has 3 fully saturated rings. The van der Waals surface area contributed by atoms with Crippen LogP contribution >= 0.6 is 0 Å². The zero-order valence-corrected chi connectivity index (χ0v) is 57.4. The molecule has 0 radical (unpaired) electrons. The van der Waals surface area contributed by atoms with E-state index < -0.39 is 124 Å². The van der Waals surface area contributed by atoms with Crippen LogP contribution in [-0.4, -0.2) is 193 Å². The van der Waals surface area contributed by atoms with Crippen molar-refractivity contribution in [1.82, 2.24) is 5.32 Å². The number of nitrogens with one attached hydrogen (secondary N) is 1. The van der Waals surface area contributed by atoms with Gasteiger partial charge in [0.05, 0.1) is 38.6 Å². The van der Waals surface area contributed by atoms with E-state index in [0.717, 1.165) is 44.9 Å². The van der Waals surface area contributed by atoms with E-state index in [-0.39, 0.29) is 18.9 Å². The lowest BCUT2D eigenvalue weighted by Crippen LogP contribution is -2.66. The van der Waals surface area contributed by atoms with Crippen LogP contribution in [0.15, 0.2) is 0 Å². The van der Waals surface area contributed by atoms with Crippen molar-refractivity contribution < 1.29 is 89.4 Å². The normalized spacial score (nSPS) is 27.8. The summed E-state index contributed by atoms with van der Waals surface area (Å²) in [5, 5.41) is 121. The van der Waals surface area contributed by atoms with Crippen molar-refractivity contribution in [3.63, 3.8) is 0 Å². The van der Waals surface area contributed by atoms with Crippen LogP contribution in [0, 0.1) is 0 Å². The summed E-state index contributed by atoms with van der Waals surface area (Å²) in [4.78, 5) is 13.4. The van der Waals surface area contributed by atoms with Crippen LogP contribution in [0.5, 0.6) is 0 Å². The fourth-order valence-corrected chi connectivity index (χ4v) is 13.3. The molecule has 540 valence electrons. The molecule has 17 unspecified atom stereocenters. The molecule has 0 spiro atoms. The topological polar surface area (TPSA) is 307 Å². The summed E-state index contributed by atoms with van der Waals surface area (Å²) in [7, 11) is 0. The number of rotatable bonds is 60.